The zero-order valence-corrected chi connectivity index (χ0v) is 24.8. The van der Waals surface area contributed by atoms with Gasteiger partial charge in [0.2, 0.25) is 0 Å². The first-order valence-corrected chi connectivity index (χ1v) is 14.0. The van der Waals surface area contributed by atoms with E-state index in [1.165, 1.54) is 6.08 Å². The molecule has 0 saturated carbocycles. The Balaban J connectivity index is 1.33. The molecule has 4 aromatic carbocycles. The molecule has 224 valence electrons. The van der Waals surface area contributed by atoms with Crippen molar-refractivity contribution < 1.29 is 33.3 Å². The largest absolute Gasteiger partial charge is 0.493 e. The predicted molar refractivity (Wildman–Crippen MR) is 170 cm³/mol. The molecule has 0 aromatic heterocycles. The second-order valence-corrected chi connectivity index (χ2v) is 10.2. The highest BCUT2D eigenvalue weighted by molar-refractivity contribution is 5.97. The number of ether oxygens (including phenoxy) is 4. The topological polar surface area (TPSA) is 112 Å². The van der Waals surface area contributed by atoms with Crippen molar-refractivity contribution in [1.82, 2.24) is 0 Å². The first-order valence-electron chi connectivity index (χ1n) is 14.0. The number of esters is 3. The molecule has 0 bridgehead atoms. The van der Waals surface area contributed by atoms with E-state index in [1.54, 1.807) is 55.5 Å². The van der Waals surface area contributed by atoms with Crippen molar-refractivity contribution in [3.05, 3.63) is 119 Å². The number of hydrogen-bond acceptors (Lipinski definition) is 8. The van der Waals surface area contributed by atoms with Crippen LogP contribution in [0.2, 0.25) is 0 Å². The van der Waals surface area contributed by atoms with Crippen LogP contribution in [0.3, 0.4) is 0 Å². The van der Waals surface area contributed by atoms with Crippen LogP contribution in [0.4, 0.5) is 0 Å². The molecule has 0 unspecified atom stereocenters. The highest BCUT2D eigenvalue weighted by Gasteiger charge is 2.12. The minimum Gasteiger partial charge on any atom is -0.493 e. The third-order valence-electron chi connectivity index (χ3n) is 6.53. The van der Waals surface area contributed by atoms with E-state index < -0.39 is 17.9 Å². The van der Waals surface area contributed by atoms with E-state index in [2.05, 4.69) is 6.58 Å². The number of aryl methyl sites for hydroxylation is 2. The lowest BCUT2D eigenvalue weighted by Gasteiger charge is -2.10. The van der Waals surface area contributed by atoms with Crippen LogP contribution >= 0.6 is 0 Å². The maximum atomic E-state index is 12.9. The van der Waals surface area contributed by atoms with Crippen LogP contribution < -0.4 is 14.2 Å². The summed E-state index contributed by atoms with van der Waals surface area (Å²) in [4.78, 5) is 36.7. The molecule has 0 spiro atoms. The molecule has 0 amide bonds. The lowest BCUT2D eigenvalue weighted by molar-refractivity contribution is -0.139. The lowest BCUT2D eigenvalue weighted by atomic mass is 10.1. The molecule has 0 fully saturated rings. The Hall–Kier alpha value is -5.50. The van der Waals surface area contributed by atoms with E-state index in [4.69, 9.17) is 24.4 Å². The van der Waals surface area contributed by atoms with E-state index in [0.717, 1.165) is 33.7 Å². The van der Waals surface area contributed by atoms with Crippen LogP contribution in [-0.2, 0) is 14.3 Å². The van der Waals surface area contributed by atoms with Crippen LogP contribution in [0.1, 0.15) is 46.0 Å². The second-order valence-electron chi connectivity index (χ2n) is 10.2. The van der Waals surface area contributed by atoms with Gasteiger partial charge < -0.3 is 24.4 Å². The van der Waals surface area contributed by atoms with E-state index in [-0.39, 0.29) is 6.61 Å². The summed E-state index contributed by atoms with van der Waals surface area (Å²) in [5, 5.41) is 9.26. The number of hydrogen-bond donors (Lipinski definition) is 1. The maximum absolute atomic E-state index is 12.9. The average Bonchev–Trinajstić information content (AvgIpc) is 3.01. The zero-order chi connectivity index (χ0) is 31.6. The lowest BCUT2D eigenvalue weighted by Crippen LogP contribution is -2.09. The third kappa shape index (κ3) is 8.51. The van der Waals surface area contributed by atoms with Gasteiger partial charge in [0.15, 0.2) is 0 Å². The number of carbonyl (C=O) groups excluding carboxylic acids is 3. The van der Waals surface area contributed by atoms with Crippen molar-refractivity contribution in [1.29, 1.82) is 5.41 Å². The standard InChI is InChI=1S/C36H33NO7/c1-23(2)35(39)42-17-5-16-41-31-12-11-27-20-29(10-9-28(27)21-31)36(40)44-32-14-7-26(19-25(32)4)8-15-34(38)43-33-13-6-24(3)18-30(33)22-37/h6-15,18-22,37H,1,5,16-17H2,2-4H3/b15-8+,37-22?. The first kappa shape index (κ1) is 31.4. The Kier molecular flexibility index (Phi) is 10.4. The number of fused-ring (bicyclic) bond motifs is 1. The molecule has 8 heteroatoms. The highest BCUT2D eigenvalue weighted by atomic mass is 16.5. The third-order valence-corrected chi connectivity index (χ3v) is 6.53. The minimum atomic E-state index is -0.568. The van der Waals surface area contributed by atoms with Crippen LogP contribution in [0, 0.1) is 19.3 Å². The maximum Gasteiger partial charge on any atom is 0.343 e. The van der Waals surface area contributed by atoms with Gasteiger partial charge in [-0.25, -0.2) is 14.4 Å². The smallest absolute Gasteiger partial charge is 0.343 e. The van der Waals surface area contributed by atoms with E-state index in [0.29, 0.717) is 47.0 Å². The van der Waals surface area contributed by atoms with Gasteiger partial charge in [0.05, 0.1) is 18.8 Å². The van der Waals surface area contributed by atoms with Gasteiger partial charge in [-0.1, -0.05) is 36.4 Å². The monoisotopic (exact) mass is 591 g/mol. The normalized spacial score (nSPS) is 10.8. The van der Waals surface area contributed by atoms with Gasteiger partial charge in [-0.15, -0.1) is 0 Å². The average molecular weight is 592 g/mol. The molecule has 0 aliphatic rings. The second kappa shape index (κ2) is 14.6. The summed E-state index contributed by atoms with van der Waals surface area (Å²) in [5.74, 6) is -0.0844. The minimum absolute atomic E-state index is 0.250. The van der Waals surface area contributed by atoms with Gasteiger partial charge >= 0.3 is 17.9 Å². The zero-order valence-electron chi connectivity index (χ0n) is 24.8. The van der Waals surface area contributed by atoms with E-state index in [9.17, 15) is 14.4 Å². The summed E-state index contributed by atoms with van der Waals surface area (Å²) in [6.45, 7) is 9.50. The molecular formula is C36H33NO7. The quantitative estimate of drug-likeness (QED) is 0.0611. The molecule has 0 heterocycles. The summed E-state index contributed by atoms with van der Waals surface area (Å²) in [6.07, 6.45) is 4.61. The number of benzene rings is 4. The summed E-state index contributed by atoms with van der Waals surface area (Å²) in [5.41, 5.74) is 3.69. The Bertz CT molecular complexity index is 1770. The molecule has 0 aliphatic heterocycles. The molecule has 4 rings (SSSR count). The highest BCUT2D eigenvalue weighted by Crippen LogP contribution is 2.25. The molecule has 4 aromatic rings. The van der Waals surface area contributed by atoms with Gasteiger partial charge in [0.1, 0.15) is 17.2 Å². The van der Waals surface area contributed by atoms with Crippen LogP contribution in [0.15, 0.2) is 91.0 Å². The van der Waals surface area contributed by atoms with Crippen molar-refractivity contribution in [2.75, 3.05) is 13.2 Å². The van der Waals surface area contributed by atoms with Crippen LogP contribution in [0.25, 0.3) is 16.8 Å². The molecule has 0 aliphatic carbocycles. The van der Waals surface area contributed by atoms with Crippen molar-refractivity contribution in [3.8, 4) is 17.2 Å². The van der Waals surface area contributed by atoms with Crippen molar-refractivity contribution in [3.63, 3.8) is 0 Å². The Labute approximate surface area is 256 Å². The number of rotatable bonds is 12. The van der Waals surface area contributed by atoms with Gasteiger partial charge in [0, 0.05) is 29.8 Å². The predicted octanol–water partition coefficient (Wildman–Crippen LogP) is 7.18. The summed E-state index contributed by atoms with van der Waals surface area (Å²) in [6, 6.07) is 21.3. The van der Waals surface area contributed by atoms with Crippen LogP contribution in [-0.4, -0.2) is 37.3 Å². The molecule has 8 nitrogen and oxygen atoms in total. The SMILES string of the molecule is C=C(C)C(=O)OCCCOc1ccc2cc(C(=O)Oc3ccc(/C=C/C(=O)Oc4ccc(C)cc4C=N)cc3C)ccc2c1. The van der Waals surface area contributed by atoms with Gasteiger partial charge in [-0.2, -0.15) is 0 Å². The van der Waals surface area contributed by atoms with Crippen molar-refractivity contribution >= 4 is 41.0 Å². The van der Waals surface area contributed by atoms with Crippen molar-refractivity contribution in [2.45, 2.75) is 27.2 Å². The summed E-state index contributed by atoms with van der Waals surface area (Å²) >= 11 is 0. The fraction of sp³-hybridized carbons (Fsp3) is 0.167. The van der Waals surface area contributed by atoms with E-state index >= 15 is 0 Å². The fourth-order valence-corrected chi connectivity index (χ4v) is 4.21. The molecule has 0 radical (unpaired) electrons. The Morgan fingerprint density at radius 1 is 0.841 bits per heavy atom. The van der Waals surface area contributed by atoms with Crippen molar-refractivity contribution in [2.24, 2.45) is 0 Å². The fourth-order valence-electron chi connectivity index (χ4n) is 4.21. The van der Waals surface area contributed by atoms with Gasteiger partial charge in [0.25, 0.3) is 0 Å². The molecule has 1 N–H and O–H groups in total. The van der Waals surface area contributed by atoms with Gasteiger partial charge in [-0.3, -0.25) is 0 Å². The van der Waals surface area contributed by atoms with Crippen LogP contribution in [0.5, 0.6) is 17.2 Å². The summed E-state index contributed by atoms with van der Waals surface area (Å²) in [7, 11) is 0. The molecule has 0 saturated heterocycles. The van der Waals surface area contributed by atoms with Gasteiger partial charge in [-0.05, 0) is 97.3 Å². The van der Waals surface area contributed by atoms with E-state index in [1.807, 2.05) is 44.2 Å². The molecule has 44 heavy (non-hydrogen) atoms. The first-order chi connectivity index (χ1) is 21.1. The number of nitrogens with one attached hydrogen (secondary N) is 1. The Morgan fingerprint density at radius 3 is 2.34 bits per heavy atom. The Morgan fingerprint density at radius 2 is 1.59 bits per heavy atom. The number of carbonyl (C=O) groups is 3. The summed E-state index contributed by atoms with van der Waals surface area (Å²) < 4.78 is 21.9. The molecular weight excluding hydrogens is 558 g/mol. The molecule has 0 atom stereocenters.